The molecule has 3 N–H and O–H groups in total. The van der Waals surface area contributed by atoms with E-state index in [0.29, 0.717) is 27.9 Å². The Morgan fingerprint density at radius 2 is 1.90 bits per heavy atom. The first-order valence-electron chi connectivity index (χ1n) is 9.25. The zero-order valence-corrected chi connectivity index (χ0v) is 18.8. The van der Waals surface area contributed by atoms with Crippen molar-refractivity contribution in [2.24, 2.45) is 0 Å². The standard InChI is InChI=1S/C21H22FN2O5PS/c1-12(2)28-17-7-15(14(4)24-21-23-11-13(3)31-21)8-18(9-17)29-16-5-6-20(19(22)10-16)30(25,26)27/h5-12H,4H2,1-3H3,(H,23,24)(H2,25,26,27). The van der Waals surface area contributed by atoms with Crippen LogP contribution in [-0.2, 0) is 4.57 Å². The van der Waals surface area contributed by atoms with Gasteiger partial charge in [-0.2, -0.15) is 0 Å². The van der Waals surface area contributed by atoms with Crippen LogP contribution in [0, 0.1) is 12.7 Å². The van der Waals surface area contributed by atoms with E-state index in [0.717, 1.165) is 17.0 Å². The molecule has 0 aliphatic rings. The smallest absolute Gasteiger partial charge is 0.359 e. The van der Waals surface area contributed by atoms with Gasteiger partial charge >= 0.3 is 7.60 Å². The maximum absolute atomic E-state index is 14.1. The number of anilines is 1. The van der Waals surface area contributed by atoms with Crippen LogP contribution in [0.15, 0.2) is 49.2 Å². The quantitative estimate of drug-likeness (QED) is 0.401. The highest BCUT2D eigenvalue weighted by Crippen LogP contribution is 2.36. The van der Waals surface area contributed by atoms with Gasteiger partial charge in [0, 0.05) is 34.5 Å². The van der Waals surface area contributed by atoms with Crippen molar-refractivity contribution in [3.05, 3.63) is 65.4 Å². The molecule has 0 aliphatic carbocycles. The van der Waals surface area contributed by atoms with Crippen LogP contribution in [0.2, 0.25) is 0 Å². The monoisotopic (exact) mass is 464 g/mol. The highest BCUT2D eigenvalue weighted by molar-refractivity contribution is 7.60. The molecular formula is C21H22FN2O5PS. The predicted molar refractivity (Wildman–Crippen MR) is 120 cm³/mol. The van der Waals surface area contributed by atoms with Gasteiger partial charge in [0.2, 0.25) is 0 Å². The normalized spacial score (nSPS) is 11.5. The Bertz CT molecular complexity index is 1160. The molecule has 0 bridgehead atoms. The lowest BCUT2D eigenvalue weighted by atomic mass is 10.1. The molecule has 10 heteroatoms. The van der Waals surface area contributed by atoms with Crippen LogP contribution in [0.4, 0.5) is 9.52 Å². The lowest BCUT2D eigenvalue weighted by Crippen LogP contribution is -2.09. The second-order valence-electron chi connectivity index (χ2n) is 7.00. The Morgan fingerprint density at radius 1 is 1.19 bits per heavy atom. The SMILES string of the molecule is C=C(Nc1ncc(C)s1)c1cc(Oc2ccc(P(=O)(O)O)c(F)c2)cc(OC(C)C)c1. The molecule has 0 unspecified atom stereocenters. The second-order valence-corrected chi connectivity index (χ2v) is 9.80. The Kier molecular flexibility index (Phi) is 6.81. The topological polar surface area (TPSA) is 101 Å². The zero-order chi connectivity index (χ0) is 22.8. The number of ether oxygens (including phenoxy) is 2. The van der Waals surface area contributed by atoms with Crippen LogP contribution in [0.5, 0.6) is 17.2 Å². The number of nitrogens with zero attached hydrogens (tertiary/aromatic N) is 1. The minimum atomic E-state index is -4.71. The van der Waals surface area contributed by atoms with Gasteiger partial charge in [-0.1, -0.05) is 6.58 Å². The van der Waals surface area contributed by atoms with Gasteiger partial charge in [-0.05, 0) is 45.0 Å². The van der Waals surface area contributed by atoms with Gasteiger partial charge in [-0.3, -0.25) is 4.57 Å². The summed E-state index contributed by atoms with van der Waals surface area (Å²) in [7, 11) is -4.71. The minimum Gasteiger partial charge on any atom is -0.491 e. The number of aromatic nitrogens is 1. The van der Waals surface area contributed by atoms with Gasteiger partial charge in [-0.15, -0.1) is 11.3 Å². The number of hydrogen-bond donors (Lipinski definition) is 3. The third kappa shape index (κ3) is 6.15. The number of rotatable bonds is 8. The summed E-state index contributed by atoms with van der Waals surface area (Å²) >= 11 is 1.49. The molecule has 0 spiro atoms. The molecule has 31 heavy (non-hydrogen) atoms. The van der Waals surface area contributed by atoms with Crippen LogP contribution in [0.3, 0.4) is 0 Å². The second kappa shape index (κ2) is 9.20. The first kappa shape index (κ1) is 23.0. The number of thiazole rings is 1. The van der Waals surface area contributed by atoms with E-state index in [1.807, 2.05) is 20.8 Å². The van der Waals surface area contributed by atoms with E-state index in [1.54, 1.807) is 24.4 Å². The first-order valence-corrected chi connectivity index (χ1v) is 11.7. The molecule has 3 rings (SSSR count). The molecule has 2 aromatic carbocycles. The number of hydrogen-bond acceptors (Lipinski definition) is 6. The number of benzene rings is 2. The Labute approximate surface area is 183 Å². The summed E-state index contributed by atoms with van der Waals surface area (Å²) < 4.78 is 37.0. The number of aryl methyl sites for hydroxylation is 1. The summed E-state index contributed by atoms with van der Waals surface area (Å²) in [6.45, 7) is 9.77. The van der Waals surface area contributed by atoms with Gasteiger partial charge in [0.25, 0.3) is 0 Å². The van der Waals surface area contributed by atoms with Crippen LogP contribution in [-0.4, -0.2) is 20.9 Å². The third-order valence-electron chi connectivity index (χ3n) is 3.95. The molecule has 3 aromatic rings. The maximum Gasteiger partial charge on any atom is 0.359 e. The van der Waals surface area contributed by atoms with Crippen molar-refractivity contribution in [1.82, 2.24) is 4.98 Å². The maximum atomic E-state index is 14.1. The minimum absolute atomic E-state index is 0.0801. The Hall–Kier alpha value is -2.71. The largest absolute Gasteiger partial charge is 0.491 e. The van der Waals surface area contributed by atoms with Gasteiger partial charge in [0.05, 0.1) is 11.4 Å². The predicted octanol–water partition coefficient (Wildman–Crippen LogP) is 5.06. The van der Waals surface area contributed by atoms with Crippen molar-refractivity contribution in [3.63, 3.8) is 0 Å². The van der Waals surface area contributed by atoms with Crippen molar-refractivity contribution in [1.29, 1.82) is 0 Å². The van der Waals surface area contributed by atoms with Gasteiger partial charge in [0.1, 0.15) is 23.1 Å². The molecule has 0 aliphatic heterocycles. The lowest BCUT2D eigenvalue weighted by Gasteiger charge is -2.16. The van der Waals surface area contributed by atoms with Gasteiger partial charge in [0.15, 0.2) is 5.13 Å². The van der Waals surface area contributed by atoms with Crippen LogP contribution < -0.4 is 20.1 Å². The van der Waals surface area contributed by atoms with E-state index in [-0.39, 0.29) is 11.9 Å². The molecule has 0 saturated carbocycles. The van der Waals surface area contributed by atoms with Crippen molar-refractivity contribution in [3.8, 4) is 17.2 Å². The van der Waals surface area contributed by atoms with Crippen LogP contribution >= 0.6 is 18.9 Å². The molecule has 164 valence electrons. The van der Waals surface area contributed by atoms with E-state index in [4.69, 9.17) is 9.47 Å². The average molecular weight is 464 g/mol. The highest BCUT2D eigenvalue weighted by atomic mass is 32.1. The molecular weight excluding hydrogens is 442 g/mol. The fourth-order valence-electron chi connectivity index (χ4n) is 2.68. The Morgan fingerprint density at radius 3 is 2.48 bits per heavy atom. The van der Waals surface area contributed by atoms with E-state index in [9.17, 15) is 18.7 Å². The summed E-state index contributed by atoms with van der Waals surface area (Å²) in [5, 5.41) is 3.14. The van der Waals surface area contributed by atoms with E-state index < -0.39 is 18.7 Å². The highest BCUT2D eigenvalue weighted by Gasteiger charge is 2.22. The number of halogens is 1. The molecule has 7 nitrogen and oxygen atoms in total. The van der Waals surface area contributed by atoms with Gasteiger partial charge in [-0.25, -0.2) is 9.37 Å². The molecule has 1 aromatic heterocycles. The summed E-state index contributed by atoms with van der Waals surface area (Å²) in [5.41, 5.74) is 1.24. The molecule has 0 fully saturated rings. The molecule has 0 radical (unpaired) electrons. The third-order valence-corrected chi connectivity index (χ3v) is 5.77. The van der Waals surface area contributed by atoms with E-state index >= 15 is 0 Å². The van der Waals surface area contributed by atoms with Gasteiger partial charge < -0.3 is 24.6 Å². The van der Waals surface area contributed by atoms with Crippen molar-refractivity contribution >= 4 is 35.1 Å². The summed E-state index contributed by atoms with van der Waals surface area (Å²) in [4.78, 5) is 23.7. The summed E-state index contributed by atoms with van der Waals surface area (Å²) in [5.74, 6) is -0.106. The summed E-state index contributed by atoms with van der Waals surface area (Å²) in [6, 6.07) is 8.34. The van der Waals surface area contributed by atoms with Crippen LogP contribution in [0.1, 0.15) is 24.3 Å². The van der Waals surface area contributed by atoms with Crippen molar-refractivity contribution in [2.45, 2.75) is 26.9 Å². The lowest BCUT2D eigenvalue weighted by molar-refractivity contribution is 0.241. The summed E-state index contributed by atoms with van der Waals surface area (Å²) in [6.07, 6.45) is 1.66. The fourth-order valence-corrected chi connectivity index (χ4v) is 3.98. The fraction of sp³-hybridized carbons (Fsp3) is 0.190. The van der Waals surface area contributed by atoms with Crippen molar-refractivity contribution < 1.29 is 28.2 Å². The van der Waals surface area contributed by atoms with Crippen molar-refractivity contribution in [2.75, 3.05) is 5.32 Å². The molecule has 1 heterocycles. The average Bonchev–Trinajstić information content (AvgIpc) is 3.04. The van der Waals surface area contributed by atoms with Crippen LogP contribution in [0.25, 0.3) is 5.70 Å². The molecule has 0 atom stereocenters. The zero-order valence-electron chi connectivity index (χ0n) is 17.1. The van der Waals surface area contributed by atoms with E-state index in [2.05, 4.69) is 16.9 Å². The first-order chi connectivity index (χ1) is 14.5. The molecule has 0 amide bonds. The van der Waals surface area contributed by atoms with E-state index in [1.165, 1.54) is 17.4 Å². The Balaban J connectivity index is 1.90. The number of nitrogens with one attached hydrogen (secondary N) is 1. The molecule has 0 saturated heterocycles.